The van der Waals surface area contributed by atoms with Crippen LogP contribution in [0.25, 0.3) is 0 Å². The Morgan fingerprint density at radius 2 is 1.44 bits per heavy atom. The second-order valence-corrected chi connectivity index (χ2v) is 7.21. The van der Waals surface area contributed by atoms with Gasteiger partial charge in [0.05, 0.1) is 0 Å². The lowest BCUT2D eigenvalue weighted by Gasteiger charge is -2.25. The Kier molecular flexibility index (Phi) is 9.06. The van der Waals surface area contributed by atoms with Crippen molar-refractivity contribution in [2.45, 2.75) is 46.5 Å². The van der Waals surface area contributed by atoms with E-state index >= 15 is 0 Å². The molecule has 0 radical (unpaired) electrons. The zero-order valence-electron chi connectivity index (χ0n) is 17.0. The molecule has 146 valence electrons. The third-order valence-electron chi connectivity index (χ3n) is 4.75. The zero-order chi connectivity index (χ0) is 19.5. The van der Waals surface area contributed by atoms with Crippen molar-refractivity contribution >= 4 is 5.78 Å². The molecule has 2 rings (SSSR count). The molecule has 0 aromatic heterocycles. The van der Waals surface area contributed by atoms with E-state index in [1.54, 1.807) is 0 Å². The van der Waals surface area contributed by atoms with E-state index in [2.05, 4.69) is 18.7 Å². The summed E-state index contributed by atoms with van der Waals surface area (Å²) in [7, 11) is 0. The van der Waals surface area contributed by atoms with E-state index in [-0.39, 0.29) is 11.7 Å². The lowest BCUT2D eigenvalue weighted by molar-refractivity contribution is 0.0892. The van der Waals surface area contributed by atoms with Gasteiger partial charge in [-0.25, -0.2) is 0 Å². The number of rotatable bonds is 12. The van der Waals surface area contributed by atoms with Crippen LogP contribution < -0.4 is 4.74 Å². The van der Waals surface area contributed by atoms with Gasteiger partial charge in [-0.3, -0.25) is 4.79 Å². The molecule has 1 unspecified atom stereocenters. The van der Waals surface area contributed by atoms with E-state index in [9.17, 15) is 4.79 Å². The van der Waals surface area contributed by atoms with Crippen molar-refractivity contribution in [1.82, 2.24) is 4.90 Å². The van der Waals surface area contributed by atoms with Crippen LogP contribution in [0.15, 0.2) is 54.6 Å². The molecule has 3 heteroatoms. The molecule has 0 aliphatic heterocycles. The number of hydrogen-bond donors (Lipinski definition) is 0. The Hall–Kier alpha value is -2.13. The van der Waals surface area contributed by atoms with Crippen molar-refractivity contribution in [1.29, 1.82) is 0 Å². The van der Waals surface area contributed by atoms with Crippen LogP contribution in [0.3, 0.4) is 0 Å². The molecule has 27 heavy (non-hydrogen) atoms. The second kappa shape index (κ2) is 11.6. The van der Waals surface area contributed by atoms with Crippen molar-refractivity contribution in [2.75, 3.05) is 19.6 Å². The van der Waals surface area contributed by atoms with E-state index in [1.165, 1.54) is 25.7 Å². The summed E-state index contributed by atoms with van der Waals surface area (Å²) in [6.45, 7) is 9.47. The number of carbonyl (C=O) groups excluding carboxylic acids is 1. The fraction of sp³-hybridized carbons (Fsp3) is 0.458. The molecule has 2 aromatic rings. The molecule has 0 N–H and O–H groups in total. The Labute approximate surface area is 164 Å². The van der Waals surface area contributed by atoms with Gasteiger partial charge < -0.3 is 9.64 Å². The Bertz CT molecular complexity index is 659. The summed E-state index contributed by atoms with van der Waals surface area (Å²) in [6.07, 6.45) is 4.76. The summed E-state index contributed by atoms with van der Waals surface area (Å²) in [5, 5.41) is 0. The third-order valence-corrected chi connectivity index (χ3v) is 4.75. The number of nitrogens with zero attached hydrogens (tertiary/aromatic N) is 1. The maximum absolute atomic E-state index is 12.8. The van der Waals surface area contributed by atoms with Gasteiger partial charge in [0.25, 0.3) is 0 Å². The van der Waals surface area contributed by atoms with Crippen LogP contribution in [0.1, 0.15) is 56.8 Å². The number of para-hydroxylation sites is 1. The summed E-state index contributed by atoms with van der Waals surface area (Å²) >= 11 is 0. The Morgan fingerprint density at radius 3 is 2.00 bits per heavy atom. The fourth-order valence-electron chi connectivity index (χ4n) is 3.12. The van der Waals surface area contributed by atoms with Crippen LogP contribution in [-0.4, -0.2) is 30.3 Å². The molecule has 0 aliphatic rings. The van der Waals surface area contributed by atoms with Gasteiger partial charge in [-0.05, 0) is 62.3 Å². The van der Waals surface area contributed by atoms with Crippen LogP contribution in [0.2, 0.25) is 0 Å². The van der Waals surface area contributed by atoms with Gasteiger partial charge in [0.15, 0.2) is 5.78 Å². The highest BCUT2D eigenvalue weighted by Crippen LogP contribution is 2.22. The smallest absolute Gasteiger partial charge is 0.166 e. The van der Waals surface area contributed by atoms with Crippen molar-refractivity contribution in [3.63, 3.8) is 0 Å². The number of hydrogen-bond acceptors (Lipinski definition) is 3. The van der Waals surface area contributed by atoms with Gasteiger partial charge in [0.2, 0.25) is 0 Å². The monoisotopic (exact) mass is 367 g/mol. The normalized spacial score (nSPS) is 12.1. The first kappa shape index (κ1) is 21.2. The number of benzene rings is 2. The summed E-state index contributed by atoms with van der Waals surface area (Å²) in [5.74, 6) is 1.75. The highest BCUT2D eigenvalue weighted by Gasteiger charge is 2.18. The molecule has 0 fully saturated rings. The van der Waals surface area contributed by atoms with Gasteiger partial charge in [-0.15, -0.1) is 0 Å². The molecule has 0 amide bonds. The number of Topliss-reactive ketones (excluding diaryl/α,β-unsaturated/α-hetero) is 1. The first-order valence-corrected chi connectivity index (χ1v) is 10.2. The van der Waals surface area contributed by atoms with Gasteiger partial charge in [0.1, 0.15) is 11.5 Å². The molecule has 0 spiro atoms. The summed E-state index contributed by atoms with van der Waals surface area (Å²) in [5.41, 5.74) is 0.758. The zero-order valence-corrected chi connectivity index (χ0v) is 17.0. The molecular weight excluding hydrogens is 334 g/mol. The highest BCUT2D eigenvalue weighted by atomic mass is 16.5. The van der Waals surface area contributed by atoms with E-state index in [0.717, 1.165) is 36.7 Å². The van der Waals surface area contributed by atoms with E-state index in [0.29, 0.717) is 0 Å². The molecule has 0 saturated carbocycles. The molecule has 0 bridgehead atoms. The quantitative estimate of drug-likeness (QED) is 0.418. The van der Waals surface area contributed by atoms with Crippen LogP contribution in [0.4, 0.5) is 0 Å². The average molecular weight is 368 g/mol. The number of ether oxygens (including phenoxy) is 1. The van der Waals surface area contributed by atoms with Crippen LogP contribution >= 0.6 is 0 Å². The van der Waals surface area contributed by atoms with Crippen molar-refractivity contribution in [2.24, 2.45) is 5.92 Å². The van der Waals surface area contributed by atoms with E-state index in [1.807, 2.05) is 61.5 Å². The summed E-state index contributed by atoms with van der Waals surface area (Å²) < 4.78 is 5.81. The first-order chi connectivity index (χ1) is 13.1. The van der Waals surface area contributed by atoms with Gasteiger partial charge in [0, 0.05) is 18.0 Å². The Balaban J connectivity index is 1.94. The predicted molar refractivity (Wildman–Crippen MR) is 113 cm³/mol. The van der Waals surface area contributed by atoms with Gasteiger partial charge >= 0.3 is 0 Å². The lowest BCUT2D eigenvalue weighted by Crippen LogP contribution is -2.33. The topological polar surface area (TPSA) is 29.5 Å². The highest BCUT2D eigenvalue weighted by molar-refractivity contribution is 5.97. The minimum Gasteiger partial charge on any atom is -0.457 e. The van der Waals surface area contributed by atoms with Crippen molar-refractivity contribution < 1.29 is 9.53 Å². The molecule has 0 aliphatic carbocycles. The van der Waals surface area contributed by atoms with Crippen LogP contribution in [-0.2, 0) is 0 Å². The maximum atomic E-state index is 12.8. The Morgan fingerprint density at radius 1 is 0.889 bits per heavy atom. The predicted octanol–water partition coefficient (Wildman–Crippen LogP) is 6.20. The largest absolute Gasteiger partial charge is 0.457 e. The SMILES string of the molecule is CCCCN(CCCC)CC(C)C(=O)c1ccc(Oc2ccccc2)cc1. The molecule has 1 atom stereocenters. The standard InChI is InChI=1S/C24H33NO2/c1-4-6-17-25(18-7-5-2)19-20(3)24(26)21-13-15-23(16-14-21)27-22-11-9-8-10-12-22/h8-16,20H,4-7,17-19H2,1-3H3. The average Bonchev–Trinajstić information content (AvgIpc) is 2.70. The molecular formula is C24H33NO2. The van der Waals surface area contributed by atoms with E-state index in [4.69, 9.17) is 4.74 Å². The van der Waals surface area contributed by atoms with Crippen molar-refractivity contribution in [3.8, 4) is 11.5 Å². The second-order valence-electron chi connectivity index (χ2n) is 7.21. The minimum atomic E-state index is -0.000367. The number of unbranched alkanes of at least 4 members (excludes halogenated alkanes) is 2. The summed E-state index contributed by atoms with van der Waals surface area (Å²) in [6, 6.07) is 17.2. The van der Waals surface area contributed by atoms with E-state index < -0.39 is 0 Å². The molecule has 0 saturated heterocycles. The lowest BCUT2D eigenvalue weighted by atomic mass is 9.98. The van der Waals surface area contributed by atoms with Crippen LogP contribution in [0, 0.1) is 5.92 Å². The van der Waals surface area contributed by atoms with Crippen LogP contribution in [0.5, 0.6) is 11.5 Å². The van der Waals surface area contributed by atoms with Gasteiger partial charge in [-0.2, -0.15) is 0 Å². The minimum absolute atomic E-state index is 0.000367. The molecule has 0 heterocycles. The number of carbonyl (C=O) groups is 1. The number of ketones is 1. The van der Waals surface area contributed by atoms with Crippen molar-refractivity contribution in [3.05, 3.63) is 60.2 Å². The summed E-state index contributed by atoms with van der Waals surface area (Å²) in [4.78, 5) is 15.3. The molecule has 2 aromatic carbocycles. The maximum Gasteiger partial charge on any atom is 0.166 e. The third kappa shape index (κ3) is 7.18. The first-order valence-electron chi connectivity index (χ1n) is 10.2. The van der Waals surface area contributed by atoms with Gasteiger partial charge in [-0.1, -0.05) is 51.8 Å². The fourth-order valence-corrected chi connectivity index (χ4v) is 3.12. The molecule has 3 nitrogen and oxygen atoms in total.